The number of ether oxygens (including phenoxy) is 1. The second kappa shape index (κ2) is 6.44. The average Bonchev–Trinajstić information content (AvgIpc) is 2.70. The molecule has 0 unspecified atom stereocenters. The Morgan fingerprint density at radius 1 is 1.32 bits per heavy atom. The van der Waals surface area contributed by atoms with E-state index in [0.29, 0.717) is 11.4 Å². The summed E-state index contributed by atoms with van der Waals surface area (Å²) in [5.74, 6) is -0.258. The first-order chi connectivity index (χ1) is 10.2. The summed E-state index contributed by atoms with van der Waals surface area (Å²) in [6.07, 6.45) is 0.106. The first-order valence-corrected chi connectivity index (χ1v) is 7.75. The fourth-order valence-corrected chi connectivity index (χ4v) is 2.80. The van der Waals surface area contributed by atoms with Crippen LogP contribution in [0.1, 0.15) is 37.0 Å². The molecule has 0 aliphatic carbocycles. The van der Waals surface area contributed by atoms with E-state index in [1.165, 1.54) is 23.5 Å². The Balaban J connectivity index is 2.05. The highest BCUT2D eigenvalue weighted by Crippen LogP contribution is 2.26. The van der Waals surface area contributed by atoms with Gasteiger partial charge < -0.3 is 4.74 Å². The molecular weight excluding hydrogens is 303 g/mol. The molecule has 0 spiro atoms. The van der Waals surface area contributed by atoms with E-state index < -0.39 is 11.7 Å². The molecule has 118 valence electrons. The van der Waals surface area contributed by atoms with Gasteiger partial charge in [0, 0.05) is 6.42 Å². The lowest BCUT2D eigenvalue weighted by Crippen LogP contribution is -2.27. The zero-order chi connectivity index (χ0) is 16.3. The molecule has 2 rings (SSSR count). The van der Waals surface area contributed by atoms with Gasteiger partial charge in [0.1, 0.15) is 16.4 Å². The number of nitrogens with one attached hydrogen (secondary N) is 1. The van der Waals surface area contributed by atoms with Gasteiger partial charge >= 0.3 is 6.09 Å². The van der Waals surface area contributed by atoms with Crippen LogP contribution in [0.3, 0.4) is 0 Å². The predicted molar refractivity (Wildman–Crippen MR) is 85.9 cm³/mol. The molecule has 0 radical (unpaired) electrons. The molecular formula is C16H19FN2O2S. The van der Waals surface area contributed by atoms with E-state index in [9.17, 15) is 9.18 Å². The summed E-state index contributed by atoms with van der Waals surface area (Å²) in [5.41, 5.74) is 1.17. The van der Waals surface area contributed by atoms with Crippen LogP contribution in [0.5, 0.6) is 0 Å². The molecule has 6 heteroatoms. The minimum absolute atomic E-state index is 0.258. The van der Waals surface area contributed by atoms with E-state index in [0.717, 1.165) is 16.3 Å². The number of rotatable bonds is 3. The maximum atomic E-state index is 12.9. The van der Waals surface area contributed by atoms with Crippen LogP contribution < -0.4 is 5.32 Å². The molecule has 22 heavy (non-hydrogen) atoms. The van der Waals surface area contributed by atoms with Crippen LogP contribution in [0.4, 0.5) is 14.2 Å². The summed E-state index contributed by atoms with van der Waals surface area (Å²) in [5, 5.41) is 4.25. The maximum absolute atomic E-state index is 12.9. The van der Waals surface area contributed by atoms with Crippen molar-refractivity contribution < 1.29 is 13.9 Å². The number of anilines is 1. The second-order valence-electron chi connectivity index (χ2n) is 5.95. The fraction of sp³-hybridized carbons (Fsp3) is 0.375. The first kappa shape index (κ1) is 16.4. The smallest absolute Gasteiger partial charge is 0.412 e. The molecule has 1 heterocycles. The van der Waals surface area contributed by atoms with Crippen LogP contribution in [-0.2, 0) is 11.2 Å². The molecule has 0 atom stereocenters. The minimum atomic E-state index is -0.542. The van der Waals surface area contributed by atoms with Crippen molar-refractivity contribution in [1.82, 2.24) is 4.98 Å². The average molecular weight is 322 g/mol. The van der Waals surface area contributed by atoms with Gasteiger partial charge in [-0.3, -0.25) is 5.32 Å². The number of aryl methyl sites for hydroxylation is 1. The summed E-state index contributed by atoms with van der Waals surface area (Å²) in [4.78, 5) is 16.2. The van der Waals surface area contributed by atoms with E-state index in [2.05, 4.69) is 10.3 Å². The molecule has 1 aromatic heterocycles. The highest BCUT2D eigenvalue weighted by molar-refractivity contribution is 7.16. The lowest BCUT2D eigenvalue weighted by atomic mass is 10.1. The molecule has 0 aliphatic rings. The maximum Gasteiger partial charge on any atom is 0.412 e. The summed E-state index contributed by atoms with van der Waals surface area (Å²) < 4.78 is 18.1. The van der Waals surface area contributed by atoms with Gasteiger partial charge in [-0.15, -0.1) is 11.3 Å². The van der Waals surface area contributed by atoms with Gasteiger partial charge in [0.15, 0.2) is 0 Å². The number of benzene rings is 1. The summed E-state index contributed by atoms with van der Waals surface area (Å²) >= 11 is 1.40. The van der Waals surface area contributed by atoms with E-state index in [1.54, 1.807) is 12.1 Å². The third-order valence-electron chi connectivity index (χ3n) is 2.72. The van der Waals surface area contributed by atoms with Gasteiger partial charge in [-0.25, -0.2) is 14.2 Å². The van der Waals surface area contributed by atoms with Crippen LogP contribution in [0.25, 0.3) is 0 Å². The van der Waals surface area contributed by atoms with Gasteiger partial charge in [0.05, 0.1) is 10.7 Å². The van der Waals surface area contributed by atoms with Crippen LogP contribution in [-0.4, -0.2) is 16.7 Å². The molecule has 0 saturated carbocycles. The number of nitrogens with zero attached hydrogens (tertiary/aromatic N) is 1. The Kier molecular flexibility index (Phi) is 4.81. The molecule has 1 aromatic carbocycles. The molecule has 0 aliphatic heterocycles. The fourth-order valence-electron chi connectivity index (χ4n) is 1.82. The normalized spacial score (nSPS) is 11.3. The largest absolute Gasteiger partial charge is 0.444 e. The van der Waals surface area contributed by atoms with Crippen molar-refractivity contribution in [3.8, 4) is 0 Å². The van der Waals surface area contributed by atoms with Crippen LogP contribution in [0.15, 0.2) is 24.3 Å². The van der Waals surface area contributed by atoms with Gasteiger partial charge in [0.2, 0.25) is 0 Å². The summed E-state index contributed by atoms with van der Waals surface area (Å²) in [7, 11) is 0. The van der Waals surface area contributed by atoms with E-state index in [4.69, 9.17) is 4.74 Å². The zero-order valence-corrected chi connectivity index (χ0v) is 13.9. The number of halogens is 1. The topological polar surface area (TPSA) is 51.2 Å². The summed E-state index contributed by atoms with van der Waals surface area (Å²) in [6.45, 7) is 7.27. The van der Waals surface area contributed by atoms with E-state index >= 15 is 0 Å². The Bertz CT molecular complexity index is 660. The third kappa shape index (κ3) is 4.80. The van der Waals surface area contributed by atoms with Crippen LogP contribution in [0.2, 0.25) is 0 Å². The van der Waals surface area contributed by atoms with E-state index in [1.807, 2.05) is 27.7 Å². The predicted octanol–water partition coefficient (Wildman–Crippen LogP) is 4.53. The Labute approximate surface area is 133 Å². The number of hydrogen-bond acceptors (Lipinski definition) is 4. The Hall–Kier alpha value is -1.95. The second-order valence-corrected chi connectivity index (χ2v) is 7.04. The van der Waals surface area contributed by atoms with Crippen molar-refractivity contribution in [3.63, 3.8) is 0 Å². The van der Waals surface area contributed by atoms with Crippen molar-refractivity contribution >= 4 is 22.4 Å². The summed E-state index contributed by atoms with van der Waals surface area (Å²) in [6, 6.07) is 6.31. The van der Waals surface area contributed by atoms with Gasteiger partial charge in [0.25, 0.3) is 0 Å². The van der Waals surface area contributed by atoms with Crippen molar-refractivity contribution in [2.24, 2.45) is 0 Å². The van der Waals surface area contributed by atoms with Crippen molar-refractivity contribution in [2.75, 3.05) is 5.32 Å². The SMILES string of the molecule is Cc1nc(Cc2ccc(F)cc2)sc1NC(=O)OC(C)(C)C. The minimum Gasteiger partial charge on any atom is -0.444 e. The molecule has 0 bridgehead atoms. The number of carbonyl (C=O) groups is 1. The Morgan fingerprint density at radius 2 is 1.95 bits per heavy atom. The van der Waals surface area contributed by atoms with Crippen LogP contribution >= 0.6 is 11.3 Å². The van der Waals surface area contributed by atoms with Gasteiger partial charge in [-0.05, 0) is 45.4 Å². The standard InChI is InChI=1S/C16H19FN2O2S/c1-10-14(19-15(20)21-16(2,3)4)22-13(18-10)9-11-5-7-12(17)8-6-11/h5-8H,9H2,1-4H3,(H,19,20). The number of amides is 1. The monoisotopic (exact) mass is 322 g/mol. The molecule has 4 nitrogen and oxygen atoms in total. The Morgan fingerprint density at radius 3 is 2.55 bits per heavy atom. The van der Waals surface area contributed by atoms with Gasteiger partial charge in [-0.1, -0.05) is 12.1 Å². The van der Waals surface area contributed by atoms with Crippen LogP contribution in [0, 0.1) is 12.7 Å². The number of aromatic nitrogens is 1. The highest BCUT2D eigenvalue weighted by atomic mass is 32.1. The molecule has 0 saturated heterocycles. The van der Waals surface area contributed by atoms with Crippen molar-refractivity contribution in [2.45, 2.75) is 39.7 Å². The number of hydrogen-bond donors (Lipinski definition) is 1. The lowest BCUT2D eigenvalue weighted by Gasteiger charge is -2.19. The third-order valence-corrected chi connectivity index (χ3v) is 3.80. The highest BCUT2D eigenvalue weighted by Gasteiger charge is 2.18. The number of thiazole rings is 1. The van der Waals surface area contributed by atoms with Crippen molar-refractivity contribution in [3.05, 3.63) is 46.3 Å². The zero-order valence-electron chi connectivity index (χ0n) is 13.1. The molecule has 0 fully saturated rings. The quantitative estimate of drug-likeness (QED) is 0.903. The van der Waals surface area contributed by atoms with E-state index in [-0.39, 0.29) is 5.82 Å². The lowest BCUT2D eigenvalue weighted by molar-refractivity contribution is 0.0636. The van der Waals surface area contributed by atoms with Gasteiger partial charge in [-0.2, -0.15) is 0 Å². The number of carbonyl (C=O) groups excluding carboxylic acids is 1. The molecule has 1 N–H and O–H groups in total. The van der Waals surface area contributed by atoms with Crippen molar-refractivity contribution in [1.29, 1.82) is 0 Å². The molecule has 1 amide bonds. The molecule has 2 aromatic rings. The first-order valence-electron chi connectivity index (χ1n) is 6.94.